The summed E-state index contributed by atoms with van der Waals surface area (Å²) in [5, 5.41) is 3.34. The second-order valence-corrected chi connectivity index (χ2v) is 8.91. The van der Waals surface area contributed by atoms with E-state index >= 15 is 0 Å². The molecule has 35 heavy (non-hydrogen) atoms. The van der Waals surface area contributed by atoms with Crippen LogP contribution in [0.5, 0.6) is 5.75 Å². The van der Waals surface area contributed by atoms with Crippen molar-refractivity contribution in [2.24, 2.45) is 0 Å². The van der Waals surface area contributed by atoms with Gasteiger partial charge in [-0.2, -0.15) is 0 Å². The van der Waals surface area contributed by atoms with Crippen LogP contribution in [0.4, 0.5) is 13.2 Å². The molecule has 0 fully saturated rings. The smallest absolute Gasteiger partial charge is 0.406 e. The van der Waals surface area contributed by atoms with Crippen LogP contribution in [0.1, 0.15) is 20.0 Å². The number of ketones is 1. The van der Waals surface area contributed by atoms with Crippen LogP contribution in [-0.2, 0) is 6.54 Å². The number of Topliss-reactive ketones (excluding diaryl/α,β-unsaturated/α-hetero) is 1. The topological polar surface area (TPSA) is 73.2 Å². The summed E-state index contributed by atoms with van der Waals surface area (Å²) in [6, 6.07) is 14.2. The van der Waals surface area contributed by atoms with Crippen molar-refractivity contribution in [3.63, 3.8) is 0 Å². The van der Waals surface area contributed by atoms with Crippen LogP contribution in [-0.4, -0.2) is 33.6 Å². The molecule has 0 aliphatic rings. The van der Waals surface area contributed by atoms with Crippen LogP contribution in [0.25, 0.3) is 10.4 Å². The summed E-state index contributed by atoms with van der Waals surface area (Å²) in [5.74, 6) is -1.37. The number of amides is 1. The molecule has 4 rings (SSSR count). The normalized spacial score (nSPS) is 12.2. The molecule has 0 aliphatic carbocycles. The Morgan fingerprint density at radius 1 is 1.06 bits per heavy atom. The third kappa shape index (κ3) is 6.49. The lowest BCUT2D eigenvalue weighted by atomic mass is 10.0. The average Bonchev–Trinajstić information content (AvgIpc) is 3.51. The number of carbonyl (C=O) groups excluding carboxylic acids is 2. The minimum Gasteiger partial charge on any atom is -0.406 e. The number of aromatic nitrogens is 2. The van der Waals surface area contributed by atoms with E-state index in [4.69, 9.17) is 11.6 Å². The molecule has 0 saturated carbocycles. The van der Waals surface area contributed by atoms with Crippen molar-refractivity contribution >= 4 is 34.6 Å². The first kappa shape index (κ1) is 24.5. The number of nitrogens with one attached hydrogen (secondary N) is 1. The highest BCUT2D eigenvalue weighted by molar-refractivity contribution is 7.17. The number of rotatable bonds is 8. The lowest BCUT2D eigenvalue weighted by Gasteiger charge is -2.18. The van der Waals surface area contributed by atoms with Gasteiger partial charge in [0.2, 0.25) is 0 Å². The highest BCUT2D eigenvalue weighted by atomic mass is 35.5. The van der Waals surface area contributed by atoms with Crippen molar-refractivity contribution in [1.29, 1.82) is 0 Å². The number of ether oxygens (including phenoxy) is 1. The van der Waals surface area contributed by atoms with Crippen LogP contribution < -0.4 is 10.1 Å². The first-order chi connectivity index (χ1) is 16.7. The molecule has 6 nitrogen and oxygen atoms in total. The summed E-state index contributed by atoms with van der Waals surface area (Å²) in [6.07, 6.45) is -0.174. The molecular formula is C24H17ClF3N3O3S. The third-order valence-electron chi connectivity index (χ3n) is 4.91. The predicted molar refractivity (Wildman–Crippen MR) is 126 cm³/mol. The Hall–Kier alpha value is -3.63. The summed E-state index contributed by atoms with van der Waals surface area (Å²) < 4.78 is 42.7. The van der Waals surface area contributed by atoms with Crippen LogP contribution in [0.3, 0.4) is 0 Å². The van der Waals surface area contributed by atoms with Gasteiger partial charge in [-0.05, 0) is 54.1 Å². The third-order valence-corrected chi connectivity index (χ3v) is 6.29. The monoisotopic (exact) mass is 519 g/mol. The van der Waals surface area contributed by atoms with Gasteiger partial charge in [-0.15, -0.1) is 24.5 Å². The molecular weight excluding hydrogens is 503 g/mol. The summed E-state index contributed by atoms with van der Waals surface area (Å²) in [5.41, 5.74) is 1.02. The molecule has 0 aliphatic heterocycles. The van der Waals surface area contributed by atoms with Gasteiger partial charge in [0.25, 0.3) is 5.91 Å². The molecule has 2 aromatic carbocycles. The van der Waals surface area contributed by atoms with E-state index in [0.717, 1.165) is 22.6 Å². The number of thiophene rings is 1. The molecule has 0 spiro atoms. The van der Waals surface area contributed by atoms with Gasteiger partial charge in [-0.25, -0.2) is 4.98 Å². The zero-order chi connectivity index (χ0) is 25.0. The fourth-order valence-electron chi connectivity index (χ4n) is 3.28. The van der Waals surface area contributed by atoms with Gasteiger partial charge in [-0.3, -0.25) is 9.59 Å². The summed E-state index contributed by atoms with van der Waals surface area (Å²) in [6.45, 7) is 0.0841. The van der Waals surface area contributed by atoms with Crippen LogP contribution >= 0.6 is 22.9 Å². The second-order valence-electron chi connectivity index (χ2n) is 7.39. The van der Waals surface area contributed by atoms with E-state index < -0.39 is 29.8 Å². The number of hydrogen-bond acceptors (Lipinski definition) is 5. The molecule has 0 saturated heterocycles. The SMILES string of the molecule is O=C(NC(Cn1ccnc1)C(=O)c1ccc(OC(F)(F)F)cc1)c1ccc(-c2ccc(Cl)cc2)s1. The minimum atomic E-state index is -4.84. The van der Waals surface area contributed by atoms with E-state index in [2.05, 4.69) is 15.0 Å². The highest BCUT2D eigenvalue weighted by Gasteiger charge is 2.31. The van der Waals surface area contributed by atoms with Crippen molar-refractivity contribution in [1.82, 2.24) is 14.9 Å². The molecule has 0 bridgehead atoms. The number of benzene rings is 2. The van der Waals surface area contributed by atoms with Crippen molar-refractivity contribution in [2.45, 2.75) is 18.9 Å². The minimum absolute atomic E-state index is 0.0841. The lowest BCUT2D eigenvalue weighted by Crippen LogP contribution is -2.43. The molecule has 1 unspecified atom stereocenters. The van der Waals surface area contributed by atoms with E-state index in [1.165, 1.54) is 36.0 Å². The zero-order valence-corrected chi connectivity index (χ0v) is 19.4. The standard InChI is InChI=1S/C24H17ClF3N3O3S/c25-17-5-1-15(2-6-17)20-9-10-21(35-20)23(33)30-19(13-31-12-11-29-14-31)22(32)16-3-7-18(8-4-16)34-24(26,27)28/h1-12,14,19H,13H2,(H,30,33). The van der Waals surface area contributed by atoms with Crippen LogP contribution in [0.2, 0.25) is 5.02 Å². The fraction of sp³-hybridized carbons (Fsp3) is 0.125. The maximum atomic E-state index is 13.2. The average molecular weight is 520 g/mol. The number of carbonyl (C=O) groups is 2. The summed E-state index contributed by atoms with van der Waals surface area (Å²) in [4.78, 5) is 31.3. The lowest BCUT2D eigenvalue weighted by molar-refractivity contribution is -0.274. The van der Waals surface area contributed by atoms with Gasteiger partial charge < -0.3 is 14.6 Å². The maximum absolute atomic E-state index is 13.2. The van der Waals surface area contributed by atoms with Crippen molar-refractivity contribution in [3.8, 4) is 16.2 Å². The molecule has 11 heteroatoms. The summed E-state index contributed by atoms with van der Waals surface area (Å²) >= 11 is 7.19. The maximum Gasteiger partial charge on any atom is 0.573 e. The Kier molecular flexibility index (Phi) is 7.23. The van der Waals surface area contributed by atoms with Gasteiger partial charge in [0.1, 0.15) is 11.8 Å². The molecule has 1 N–H and O–H groups in total. The van der Waals surface area contributed by atoms with Gasteiger partial charge in [0, 0.05) is 27.9 Å². The number of nitrogens with zero attached hydrogens (tertiary/aromatic N) is 2. The Morgan fingerprint density at radius 3 is 2.40 bits per heavy atom. The Balaban J connectivity index is 1.52. The Labute approximate surface area is 206 Å². The fourth-order valence-corrected chi connectivity index (χ4v) is 4.32. The number of hydrogen-bond donors (Lipinski definition) is 1. The molecule has 1 atom stereocenters. The van der Waals surface area contributed by atoms with E-state index in [9.17, 15) is 22.8 Å². The van der Waals surface area contributed by atoms with Crippen LogP contribution in [0, 0.1) is 0 Å². The molecule has 4 aromatic rings. The molecule has 0 radical (unpaired) electrons. The first-order valence-corrected chi connectivity index (χ1v) is 11.4. The van der Waals surface area contributed by atoms with Gasteiger partial charge in [0.05, 0.1) is 17.7 Å². The van der Waals surface area contributed by atoms with Gasteiger partial charge in [0.15, 0.2) is 5.78 Å². The van der Waals surface area contributed by atoms with Gasteiger partial charge in [-0.1, -0.05) is 23.7 Å². The molecule has 2 aromatic heterocycles. The van der Waals surface area contributed by atoms with E-state index in [1.54, 1.807) is 35.0 Å². The zero-order valence-electron chi connectivity index (χ0n) is 17.8. The van der Waals surface area contributed by atoms with E-state index in [1.807, 2.05) is 12.1 Å². The summed E-state index contributed by atoms with van der Waals surface area (Å²) in [7, 11) is 0. The van der Waals surface area contributed by atoms with E-state index in [-0.39, 0.29) is 12.1 Å². The quantitative estimate of drug-likeness (QED) is 0.297. The van der Waals surface area contributed by atoms with Crippen molar-refractivity contribution < 1.29 is 27.5 Å². The van der Waals surface area contributed by atoms with E-state index in [0.29, 0.717) is 9.90 Å². The first-order valence-electron chi connectivity index (χ1n) is 10.2. The number of alkyl halides is 3. The Morgan fingerprint density at radius 2 is 1.77 bits per heavy atom. The van der Waals surface area contributed by atoms with Crippen LogP contribution in [0.15, 0.2) is 79.4 Å². The molecule has 180 valence electrons. The largest absolute Gasteiger partial charge is 0.573 e. The molecule has 2 heterocycles. The van der Waals surface area contributed by atoms with Crippen molar-refractivity contribution in [3.05, 3.63) is 94.8 Å². The highest BCUT2D eigenvalue weighted by Crippen LogP contribution is 2.29. The van der Waals surface area contributed by atoms with Gasteiger partial charge >= 0.3 is 6.36 Å². The van der Waals surface area contributed by atoms with Crippen molar-refractivity contribution in [2.75, 3.05) is 0 Å². The number of halogens is 4. The Bertz CT molecular complexity index is 1300. The second kappa shape index (κ2) is 10.3. The predicted octanol–water partition coefficient (Wildman–Crippen LogP) is 5.85. The molecule has 1 amide bonds. The number of imidazole rings is 1.